The van der Waals surface area contributed by atoms with Crippen molar-refractivity contribution in [2.75, 3.05) is 19.0 Å². The first kappa shape index (κ1) is 20.4. The van der Waals surface area contributed by atoms with Crippen LogP contribution < -0.4 is 10.1 Å². The van der Waals surface area contributed by atoms with E-state index in [4.69, 9.17) is 16.3 Å². The topological polar surface area (TPSA) is 57.4 Å². The molecule has 3 aromatic carbocycles. The Morgan fingerprint density at radius 3 is 2.69 bits per heavy atom. The zero-order chi connectivity index (χ0) is 22.2. The second-order valence-electron chi connectivity index (χ2n) is 7.74. The molecule has 32 heavy (non-hydrogen) atoms. The third-order valence-corrected chi connectivity index (χ3v) is 6.13. The molecule has 1 aromatic heterocycles. The van der Waals surface area contributed by atoms with Crippen LogP contribution in [-0.4, -0.2) is 29.6 Å². The van der Waals surface area contributed by atoms with Crippen molar-refractivity contribution in [3.8, 4) is 5.75 Å². The summed E-state index contributed by atoms with van der Waals surface area (Å²) >= 11 is 6.25. The first-order chi connectivity index (χ1) is 15.5. The van der Waals surface area contributed by atoms with Crippen molar-refractivity contribution in [2.45, 2.75) is 12.5 Å². The number of H-pyrrole nitrogens is 1. The molecule has 0 unspecified atom stereocenters. The van der Waals surface area contributed by atoms with Gasteiger partial charge in [-0.05, 0) is 60.0 Å². The lowest BCUT2D eigenvalue weighted by Crippen LogP contribution is -2.43. The maximum atomic E-state index is 14.2. The van der Waals surface area contributed by atoms with Gasteiger partial charge in [-0.3, -0.25) is 0 Å². The number of hydrogen-bond acceptors (Lipinski definition) is 2. The summed E-state index contributed by atoms with van der Waals surface area (Å²) < 4.78 is 19.5. The Morgan fingerprint density at radius 2 is 1.94 bits per heavy atom. The maximum absolute atomic E-state index is 14.2. The average Bonchev–Trinajstić information content (AvgIpc) is 3.18. The monoisotopic (exact) mass is 449 g/mol. The van der Waals surface area contributed by atoms with Gasteiger partial charge in [0.1, 0.15) is 11.6 Å². The number of ether oxygens (including phenoxy) is 1. The summed E-state index contributed by atoms with van der Waals surface area (Å²) in [5.41, 5.74) is 4.11. The number of para-hydroxylation sites is 1. The molecule has 5 nitrogen and oxygen atoms in total. The SMILES string of the molecule is COc1ccc([C@H]2c3[nH]c4ccc(Cl)cc4c3CCN2C(=O)Nc2ccccc2F)cc1. The van der Waals surface area contributed by atoms with Crippen molar-refractivity contribution < 1.29 is 13.9 Å². The molecule has 0 fully saturated rings. The molecule has 7 heteroatoms. The van der Waals surface area contributed by atoms with Crippen LogP contribution >= 0.6 is 11.6 Å². The lowest BCUT2D eigenvalue weighted by molar-refractivity contribution is 0.193. The molecule has 0 radical (unpaired) electrons. The van der Waals surface area contributed by atoms with Gasteiger partial charge >= 0.3 is 6.03 Å². The quantitative estimate of drug-likeness (QED) is 0.394. The molecule has 4 aromatic rings. The molecular formula is C25H21ClFN3O2. The fourth-order valence-electron chi connectivity index (χ4n) is 4.36. The molecule has 162 valence electrons. The number of urea groups is 1. The van der Waals surface area contributed by atoms with Gasteiger partial charge in [0.25, 0.3) is 0 Å². The van der Waals surface area contributed by atoms with E-state index in [0.29, 0.717) is 18.0 Å². The molecule has 5 rings (SSSR count). The Balaban J connectivity index is 1.59. The van der Waals surface area contributed by atoms with Crippen LogP contribution in [0.2, 0.25) is 5.02 Å². The van der Waals surface area contributed by atoms with Crippen molar-refractivity contribution in [1.82, 2.24) is 9.88 Å². The molecular weight excluding hydrogens is 429 g/mol. The van der Waals surface area contributed by atoms with Crippen molar-refractivity contribution in [3.05, 3.63) is 94.4 Å². The van der Waals surface area contributed by atoms with Gasteiger partial charge in [-0.2, -0.15) is 0 Å². The maximum Gasteiger partial charge on any atom is 0.322 e. The van der Waals surface area contributed by atoms with E-state index in [1.54, 1.807) is 30.2 Å². The summed E-state index contributed by atoms with van der Waals surface area (Å²) in [7, 11) is 1.61. The molecule has 1 atom stereocenters. The van der Waals surface area contributed by atoms with Crippen LogP contribution in [0.3, 0.4) is 0 Å². The second kappa shape index (κ2) is 8.20. The zero-order valence-corrected chi connectivity index (χ0v) is 18.1. The number of hydrogen-bond donors (Lipinski definition) is 2. The number of carbonyl (C=O) groups is 1. The van der Waals surface area contributed by atoms with Crippen LogP contribution in [0.5, 0.6) is 5.75 Å². The van der Waals surface area contributed by atoms with Crippen LogP contribution in [0.25, 0.3) is 10.9 Å². The summed E-state index contributed by atoms with van der Waals surface area (Å²) in [4.78, 5) is 18.5. The third kappa shape index (κ3) is 3.56. The van der Waals surface area contributed by atoms with E-state index < -0.39 is 5.82 Å². The van der Waals surface area contributed by atoms with Gasteiger partial charge in [-0.1, -0.05) is 35.9 Å². The minimum Gasteiger partial charge on any atom is -0.497 e. The van der Waals surface area contributed by atoms with E-state index in [2.05, 4.69) is 10.3 Å². The van der Waals surface area contributed by atoms with Crippen molar-refractivity contribution in [1.29, 1.82) is 0 Å². The number of nitrogens with one attached hydrogen (secondary N) is 2. The van der Waals surface area contributed by atoms with Crippen LogP contribution in [0, 0.1) is 5.82 Å². The minimum absolute atomic E-state index is 0.153. The van der Waals surface area contributed by atoms with Gasteiger partial charge in [0, 0.05) is 28.2 Å². The molecule has 2 N–H and O–H groups in total. The number of fused-ring (bicyclic) bond motifs is 3. The Labute approximate surface area is 189 Å². The standard InChI is InChI=1S/C25H21ClFN3O2/c1-32-17-9-6-15(7-10-17)24-23-18(19-14-16(26)8-11-21(19)28-23)12-13-30(24)25(31)29-22-5-3-2-4-20(22)27/h2-11,14,24,28H,12-13H2,1H3,(H,29,31)/t24-/m0/s1. The van der Waals surface area contributed by atoms with Crippen LogP contribution in [0.15, 0.2) is 66.7 Å². The molecule has 1 aliphatic rings. The number of amides is 2. The van der Waals surface area contributed by atoms with Gasteiger partial charge in [0.2, 0.25) is 0 Å². The van der Waals surface area contributed by atoms with E-state index in [-0.39, 0.29) is 17.8 Å². The van der Waals surface area contributed by atoms with Crippen molar-refractivity contribution >= 4 is 34.2 Å². The summed E-state index contributed by atoms with van der Waals surface area (Å²) in [5.74, 6) is 0.260. The highest BCUT2D eigenvalue weighted by molar-refractivity contribution is 6.31. The smallest absolute Gasteiger partial charge is 0.322 e. The lowest BCUT2D eigenvalue weighted by atomic mass is 9.92. The van der Waals surface area contributed by atoms with E-state index in [9.17, 15) is 9.18 Å². The highest BCUT2D eigenvalue weighted by atomic mass is 35.5. The van der Waals surface area contributed by atoms with Gasteiger partial charge in [-0.25, -0.2) is 9.18 Å². The van der Waals surface area contributed by atoms with Crippen molar-refractivity contribution in [2.24, 2.45) is 0 Å². The molecule has 0 aliphatic carbocycles. The first-order valence-electron chi connectivity index (χ1n) is 10.3. The largest absolute Gasteiger partial charge is 0.497 e. The van der Waals surface area contributed by atoms with Crippen LogP contribution in [0.4, 0.5) is 14.9 Å². The zero-order valence-electron chi connectivity index (χ0n) is 17.4. The molecule has 0 bridgehead atoms. The molecule has 0 saturated heterocycles. The number of rotatable bonds is 3. The summed E-state index contributed by atoms with van der Waals surface area (Å²) in [6, 6.07) is 18.8. The van der Waals surface area contributed by atoms with Crippen LogP contribution in [0.1, 0.15) is 22.9 Å². The number of methoxy groups -OCH3 is 1. The predicted molar refractivity (Wildman–Crippen MR) is 124 cm³/mol. The molecule has 0 saturated carbocycles. The van der Waals surface area contributed by atoms with E-state index in [1.165, 1.54) is 6.07 Å². The van der Waals surface area contributed by atoms with Crippen molar-refractivity contribution in [3.63, 3.8) is 0 Å². The number of carbonyl (C=O) groups excluding carboxylic acids is 1. The highest BCUT2D eigenvalue weighted by Gasteiger charge is 2.35. The number of aromatic amines is 1. The van der Waals surface area contributed by atoms with E-state index in [0.717, 1.165) is 33.5 Å². The number of aromatic nitrogens is 1. The van der Waals surface area contributed by atoms with Gasteiger partial charge in [0.05, 0.1) is 18.8 Å². The number of halogens is 2. The first-order valence-corrected chi connectivity index (χ1v) is 10.7. The Kier molecular flexibility index (Phi) is 5.23. The third-order valence-electron chi connectivity index (χ3n) is 5.90. The van der Waals surface area contributed by atoms with Gasteiger partial charge in [-0.15, -0.1) is 0 Å². The second-order valence-corrected chi connectivity index (χ2v) is 8.17. The summed E-state index contributed by atoms with van der Waals surface area (Å²) in [6.07, 6.45) is 0.660. The Bertz CT molecular complexity index is 1300. The molecule has 1 aliphatic heterocycles. The summed E-state index contributed by atoms with van der Waals surface area (Å²) in [5, 5.41) is 4.45. The number of anilines is 1. The van der Waals surface area contributed by atoms with Crippen LogP contribution in [-0.2, 0) is 6.42 Å². The molecule has 2 heterocycles. The fraction of sp³-hybridized carbons (Fsp3) is 0.160. The van der Waals surface area contributed by atoms with E-state index in [1.807, 2.05) is 42.5 Å². The fourth-order valence-corrected chi connectivity index (χ4v) is 4.53. The highest BCUT2D eigenvalue weighted by Crippen LogP contribution is 2.39. The predicted octanol–water partition coefficient (Wildman–Crippen LogP) is 6.15. The van der Waals surface area contributed by atoms with Gasteiger partial charge < -0.3 is 19.9 Å². The molecule has 0 spiro atoms. The lowest BCUT2D eigenvalue weighted by Gasteiger charge is -2.36. The summed E-state index contributed by atoms with van der Waals surface area (Å²) in [6.45, 7) is 0.476. The Morgan fingerprint density at radius 1 is 1.16 bits per heavy atom. The molecule has 2 amide bonds. The average molecular weight is 450 g/mol. The van der Waals surface area contributed by atoms with Gasteiger partial charge in [0.15, 0.2) is 0 Å². The minimum atomic E-state index is -0.472. The Hall–Kier alpha value is -3.51. The van der Waals surface area contributed by atoms with E-state index >= 15 is 0 Å². The normalized spacial score (nSPS) is 15.5. The number of nitrogens with zero attached hydrogens (tertiary/aromatic N) is 1. The number of benzene rings is 3.